The van der Waals surface area contributed by atoms with Crippen LogP contribution in [0.4, 0.5) is 0 Å². The van der Waals surface area contributed by atoms with Crippen molar-refractivity contribution in [2.45, 2.75) is 0 Å². The van der Waals surface area contributed by atoms with Crippen molar-refractivity contribution >= 4 is 33.8 Å². The van der Waals surface area contributed by atoms with E-state index in [1.807, 2.05) is 0 Å². The van der Waals surface area contributed by atoms with E-state index >= 15 is 0 Å². The van der Waals surface area contributed by atoms with Crippen LogP contribution < -0.4 is 20.1 Å². The van der Waals surface area contributed by atoms with Crippen molar-refractivity contribution < 1.29 is 19.1 Å². The summed E-state index contributed by atoms with van der Waals surface area (Å²) in [6.07, 6.45) is 3.14. The van der Waals surface area contributed by atoms with Crippen molar-refractivity contribution in [3.8, 4) is 11.5 Å². The van der Waals surface area contributed by atoms with Crippen molar-refractivity contribution in [1.82, 2.24) is 10.6 Å². The molecule has 1 heterocycles. The lowest BCUT2D eigenvalue weighted by atomic mass is 10.1. The Hall–Kier alpha value is -3.06. The van der Waals surface area contributed by atoms with Gasteiger partial charge in [-0.1, -0.05) is 24.3 Å². The number of hydrogen-bond donors (Lipinski definition) is 2. The summed E-state index contributed by atoms with van der Waals surface area (Å²) in [5.74, 6) is 0.407. The molecule has 0 fully saturated rings. The molecule has 0 aliphatic carbocycles. The lowest BCUT2D eigenvalue weighted by Crippen LogP contribution is -2.35. The van der Waals surface area contributed by atoms with Crippen LogP contribution in [0, 0.1) is 0 Å². The highest BCUT2D eigenvalue weighted by Gasteiger charge is 2.17. The van der Waals surface area contributed by atoms with Crippen molar-refractivity contribution in [2.24, 2.45) is 0 Å². The van der Waals surface area contributed by atoms with Crippen LogP contribution in [0.15, 0.2) is 65.3 Å². The molecule has 0 bridgehead atoms. The second-order valence-corrected chi connectivity index (χ2v) is 6.46. The zero-order valence-corrected chi connectivity index (χ0v) is 15.9. The first-order valence-electron chi connectivity index (χ1n) is 8.15. The van der Waals surface area contributed by atoms with E-state index in [1.165, 1.54) is 0 Å². The van der Waals surface area contributed by atoms with Crippen molar-refractivity contribution in [1.29, 1.82) is 0 Å². The van der Waals surface area contributed by atoms with Crippen LogP contribution in [0.2, 0.25) is 0 Å². The van der Waals surface area contributed by atoms with Gasteiger partial charge in [-0.3, -0.25) is 9.59 Å². The highest BCUT2D eigenvalue weighted by atomic mass is 79.9. The largest absolute Gasteiger partial charge is 0.454 e. The molecule has 3 rings (SSSR count). The second-order valence-electron chi connectivity index (χ2n) is 5.60. The molecule has 0 radical (unpaired) electrons. The number of amides is 2. The van der Waals surface area contributed by atoms with Crippen LogP contribution in [-0.2, 0) is 4.79 Å². The molecule has 2 aromatic carbocycles. The van der Waals surface area contributed by atoms with Crippen molar-refractivity contribution in [3.05, 3.63) is 76.4 Å². The zero-order valence-electron chi connectivity index (χ0n) is 14.3. The van der Waals surface area contributed by atoms with Gasteiger partial charge in [-0.15, -0.1) is 6.58 Å². The summed E-state index contributed by atoms with van der Waals surface area (Å²) >= 11 is 3.34. The van der Waals surface area contributed by atoms with E-state index in [0.717, 1.165) is 0 Å². The maximum Gasteiger partial charge on any atom is 0.268 e. The molecule has 2 amide bonds. The Morgan fingerprint density at radius 1 is 1.15 bits per heavy atom. The molecule has 138 valence electrons. The quantitative estimate of drug-likeness (QED) is 0.546. The van der Waals surface area contributed by atoms with Gasteiger partial charge in [0.25, 0.3) is 11.8 Å². The summed E-state index contributed by atoms with van der Waals surface area (Å²) in [7, 11) is 0. The number of nitrogens with one attached hydrogen (secondary N) is 2. The first kappa shape index (κ1) is 18.7. The minimum absolute atomic E-state index is 0.108. The predicted octanol–water partition coefficient (Wildman–Crippen LogP) is 3.25. The lowest BCUT2D eigenvalue weighted by Gasteiger charge is -2.11. The maximum atomic E-state index is 12.6. The van der Waals surface area contributed by atoms with Gasteiger partial charge in [0.05, 0.1) is 5.56 Å². The Morgan fingerprint density at radius 3 is 2.70 bits per heavy atom. The number of ether oxygens (including phenoxy) is 2. The second kappa shape index (κ2) is 8.55. The van der Waals surface area contributed by atoms with Gasteiger partial charge in [0.15, 0.2) is 11.5 Å². The van der Waals surface area contributed by atoms with E-state index in [4.69, 9.17) is 9.47 Å². The molecule has 0 saturated carbocycles. The SMILES string of the molecule is C=CCNC(=O)/C(=C/c1ccc2c(c1)OCO2)NC(=O)c1ccccc1Br. The van der Waals surface area contributed by atoms with Gasteiger partial charge in [-0.25, -0.2) is 0 Å². The van der Waals surface area contributed by atoms with Crippen LogP contribution in [0.5, 0.6) is 11.5 Å². The molecule has 1 aliphatic heterocycles. The number of benzene rings is 2. The van der Waals surface area contributed by atoms with E-state index in [9.17, 15) is 9.59 Å². The van der Waals surface area contributed by atoms with Gasteiger partial charge in [0.2, 0.25) is 6.79 Å². The fraction of sp³-hybridized carbons (Fsp3) is 0.100. The van der Waals surface area contributed by atoms with Gasteiger partial charge in [0, 0.05) is 11.0 Å². The third-order valence-corrected chi connectivity index (χ3v) is 4.42. The Morgan fingerprint density at radius 2 is 1.93 bits per heavy atom. The highest BCUT2D eigenvalue weighted by molar-refractivity contribution is 9.10. The average molecular weight is 429 g/mol. The van der Waals surface area contributed by atoms with Gasteiger partial charge < -0.3 is 20.1 Å². The first-order chi connectivity index (χ1) is 13.1. The molecule has 27 heavy (non-hydrogen) atoms. The van der Waals surface area contributed by atoms with Crippen LogP contribution in [0.3, 0.4) is 0 Å². The lowest BCUT2D eigenvalue weighted by molar-refractivity contribution is -0.117. The Kier molecular flexibility index (Phi) is 5.93. The molecule has 7 heteroatoms. The number of hydrogen-bond acceptors (Lipinski definition) is 4. The standard InChI is InChI=1S/C20H17BrN2O4/c1-2-9-22-20(25)16(23-19(24)14-5-3-4-6-15(14)21)10-13-7-8-17-18(11-13)27-12-26-17/h2-8,10-11H,1,9,12H2,(H,22,25)(H,23,24)/b16-10-. The molecule has 0 unspecified atom stereocenters. The minimum atomic E-state index is -0.423. The number of halogens is 1. The molecule has 0 aromatic heterocycles. The molecule has 1 aliphatic rings. The third kappa shape index (κ3) is 4.57. The van der Waals surface area contributed by atoms with Gasteiger partial charge in [-0.05, 0) is 51.8 Å². The summed E-state index contributed by atoms with van der Waals surface area (Å²) < 4.78 is 11.3. The molecule has 2 N–H and O–H groups in total. The molecule has 0 atom stereocenters. The molecular formula is C20H17BrN2O4. The highest BCUT2D eigenvalue weighted by Crippen LogP contribution is 2.33. The maximum absolute atomic E-state index is 12.6. The number of carbonyl (C=O) groups excluding carboxylic acids is 2. The fourth-order valence-electron chi connectivity index (χ4n) is 2.42. The van der Waals surface area contributed by atoms with Crippen LogP contribution in [0.25, 0.3) is 6.08 Å². The fourth-order valence-corrected chi connectivity index (χ4v) is 2.89. The normalized spacial score (nSPS) is 12.4. The third-order valence-electron chi connectivity index (χ3n) is 3.73. The van der Waals surface area contributed by atoms with E-state index in [2.05, 4.69) is 33.1 Å². The van der Waals surface area contributed by atoms with Crippen molar-refractivity contribution in [3.63, 3.8) is 0 Å². The summed E-state index contributed by atoms with van der Waals surface area (Å²) in [5, 5.41) is 5.34. The Labute approximate surface area is 165 Å². The smallest absolute Gasteiger partial charge is 0.268 e. The molecule has 0 spiro atoms. The summed E-state index contributed by atoms with van der Waals surface area (Å²) in [6.45, 7) is 4.02. The van der Waals surface area contributed by atoms with E-state index in [-0.39, 0.29) is 19.0 Å². The average Bonchev–Trinajstić information content (AvgIpc) is 3.13. The molecular weight excluding hydrogens is 412 g/mol. The van der Waals surface area contributed by atoms with Gasteiger partial charge in [-0.2, -0.15) is 0 Å². The summed E-state index contributed by atoms with van der Waals surface area (Å²) in [6, 6.07) is 12.3. The van der Waals surface area contributed by atoms with Crippen LogP contribution in [0.1, 0.15) is 15.9 Å². The van der Waals surface area contributed by atoms with E-state index in [0.29, 0.717) is 27.1 Å². The monoisotopic (exact) mass is 428 g/mol. The molecule has 6 nitrogen and oxygen atoms in total. The summed E-state index contributed by atoms with van der Waals surface area (Å²) in [4.78, 5) is 25.1. The Balaban J connectivity index is 1.88. The van der Waals surface area contributed by atoms with Gasteiger partial charge >= 0.3 is 0 Å². The van der Waals surface area contributed by atoms with Crippen LogP contribution in [-0.4, -0.2) is 25.2 Å². The number of carbonyl (C=O) groups is 2. The zero-order chi connectivity index (χ0) is 19.2. The topological polar surface area (TPSA) is 76.7 Å². The predicted molar refractivity (Wildman–Crippen MR) is 105 cm³/mol. The van der Waals surface area contributed by atoms with Gasteiger partial charge in [0.1, 0.15) is 5.70 Å². The van der Waals surface area contributed by atoms with Crippen LogP contribution >= 0.6 is 15.9 Å². The minimum Gasteiger partial charge on any atom is -0.454 e. The number of rotatable bonds is 6. The molecule has 2 aromatic rings. The Bertz CT molecular complexity index is 924. The van der Waals surface area contributed by atoms with E-state index in [1.54, 1.807) is 54.6 Å². The number of fused-ring (bicyclic) bond motifs is 1. The van der Waals surface area contributed by atoms with Crippen molar-refractivity contribution in [2.75, 3.05) is 13.3 Å². The summed E-state index contributed by atoms with van der Waals surface area (Å²) in [5.41, 5.74) is 1.22. The first-order valence-corrected chi connectivity index (χ1v) is 8.94. The van der Waals surface area contributed by atoms with E-state index < -0.39 is 11.8 Å². The molecule has 0 saturated heterocycles.